The summed E-state index contributed by atoms with van der Waals surface area (Å²) in [6, 6.07) is 15.6. The molecule has 0 bridgehead atoms. The van der Waals surface area contributed by atoms with Crippen LogP contribution < -0.4 is 10.2 Å². The van der Waals surface area contributed by atoms with Gasteiger partial charge in [-0.2, -0.15) is 13.2 Å². The SMILES string of the molecule is CN(C)c1ccc(NC(=O)c2cc(-c3ccco3)nc3ccccc23)c(C(F)(F)F)c1. The van der Waals surface area contributed by atoms with Gasteiger partial charge in [-0.1, -0.05) is 18.2 Å². The van der Waals surface area contributed by atoms with Crippen molar-refractivity contribution in [3.63, 3.8) is 0 Å². The Balaban J connectivity index is 1.79. The number of pyridine rings is 1. The molecule has 4 aromatic rings. The van der Waals surface area contributed by atoms with E-state index in [0.717, 1.165) is 6.07 Å². The van der Waals surface area contributed by atoms with Crippen LogP contribution in [0.2, 0.25) is 0 Å². The van der Waals surface area contributed by atoms with Crippen molar-refractivity contribution in [2.45, 2.75) is 6.18 Å². The number of halogens is 3. The molecule has 2 aromatic heterocycles. The van der Waals surface area contributed by atoms with Crippen molar-refractivity contribution in [3.8, 4) is 11.5 Å². The summed E-state index contributed by atoms with van der Waals surface area (Å²) in [4.78, 5) is 19.2. The van der Waals surface area contributed by atoms with E-state index in [9.17, 15) is 18.0 Å². The monoisotopic (exact) mass is 425 g/mol. The quantitative estimate of drug-likeness (QED) is 0.447. The van der Waals surface area contributed by atoms with Crippen LogP contribution in [0.1, 0.15) is 15.9 Å². The predicted molar refractivity (Wildman–Crippen MR) is 113 cm³/mol. The number of benzene rings is 2. The first kappa shape index (κ1) is 20.5. The molecule has 0 saturated carbocycles. The Morgan fingerprint density at radius 1 is 1.03 bits per heavy atom. The molecular weight excluding hydrogens is 407 g/mol. The van der Waals surface area contributed by atoms with Crippen LogP contribution in [-0.4, -0.2) is 25.0 Å². The number of hydrogen-bond donors (Lipinski definition) is 1. The first-order valence-corrected chi connectivity index (χ1v) is 9.37. The lowest BCUT2D eigenvalue weighted by Gasteiger charge is -2.19. The molecule has 0 unspecified atom stereocenters. The summed E-state index contributed by atoms with van der Waals surface area (Å²) in [5.41, 5.74) is 0.273. The lowest BCUT2D eigenvalue weighted by atomic mass is 10.0. The van der Waals surface area contributed by atoms with Crippen molar-refractivity contribution in [1.82, 2.24) is 4.98 Å². The molecule has 1 N–H and O–H groups in total. The number of fused-ring (bicyclic) bond motifs is 1. The van der Waals surface area contributed by atoms with E-state index in [4.69, 9.17) is 4.42 Å². The van der Waals surface area contributed by atoms with E-state index < -0.39 is 17.6 Å². The second-order valence-corrected chi connectivity index (χ2v) is 7.13. The van der Waals surface area contributed by atoms with Crippen molar-refractivity contribution in [2.75, 3.05) is 24.3 Å². The maximum absolute atomic E-state index is 13.7. The average molecular weight is 425 g/mol. The van der Waals surface area contributed by atoms with Crippen LogP contribution in [0.4, 0.5) is 24.5 Å². The third-order valence-electron chi connectivity index (χ3n) is 4.81. The number of carbonyl (C=O) groups excluding carboxylic acids is 1. The van der Waals surface area contributed by atoms with Gasteiger partial charge in [0.15, 0.2) is 5.76 Å². The highest BCUT2D eigenvalue weighted by molar-refractivity contribution is 6.13. The highest BCUT2D eigenvalue weighted by Crippen LogP contribution is 2.37. The Kier molecular flexibility index (Phi) is 5.14. The Bertz CT molecular complexity index is 1250. The fraction of sp³-hybridized carbons (Fsp3) is 0.130. The van der Waals surface area contributed by atoms with E-state index in [1.165, 1.54) is 24.5 Å². The molecule has 0 aliphatic heterocycles. The molecule has 0 saturated heterocycles. The van der Waals surface area contributed by atoms with E-state index in [0.29, 0.717) is 28.0 Å². The molecule has 0 aliphatic rings. The van der Waals surface area contributed by atoms with Crippen LogP contribution >= 0.6 is 0 Å². The topological polar surface area (TPSA) is 58.4 Å². The Hall–Kier alpha value is -3.81. The summed E-state index contributed by atoms with van der Waals surface area (Å²) >= 11 is 0. The minimum absolute atomic E-state index is 0.196. The van der Waals surface area contributed by atoms with E-state index in [1.807, 2.05) is 0 Å². The van der Waals surface area contributed by atoms with Gasteiger partial charge in [-0.3, -0.25) is 4.79 Å². The van der Waals surface area contributed by atoms with Gasteiger partial charge < -0.3 is 14.6 Å². The third-order valence-corrected chi connectivity index (χ3v) is 4.81. The Morgan fingerprint density at radius 2 is 1.81 bits per heavy atom. The fourth-order valence-electron chi connectivity index (χ4n) is 3.26. The molecule has 0 fully saturated rings. The van der Waals surface area contributed by atoms with Gasteiger partial charge in [-0.15, -0.1) is 0 Å². The highest BCUT2D eigenvalue weighted by atomic mass is 19.4. The number of hydrogen-bond acceptors (Lipinski definition) is 4. The summed E-state index contributed by atoms with van der Waals surface area (Å²) in [5.74, 6) is -0.222. The number of nitrogens with one attached hydrogen (secondary N) is 1. The van der Waals surface area contributed by atoms with E-state index >= 15 is 0 Å². The molecule has 8 heteroatoms. The molecule has 0 spiro atoms. The van der Waals surface area contributed by atoms with Gasteiger partial charge in [-0.05, 0) is 42.5 Å². The molecule has 2 heterocycles. The molecule has 2 aromatic carbocycles. The second kappa shape index (κ2) is 7.79. The van der Waals surface area contributed by atoms with Gasteiger partial charge in [0.2, 0.25) is 0 Å². The van der Waals surface area contributed by atoms with Crippen LogP contribution in [-0.2, 0) is 6.18 Å². The number of alkyl halides is 3. The Labute approximate surface area is 176 Å². The van der Waals surface area contributed by atoms with Crippen molar-refractivity contribution in [2.24, 2.45) is 0 Å². The van der Waals surface area contributed by atoms with Gasteiger partial charge in [-0.25, -0.2) is 4.98 Å². The smallest absolute Gasteiger partial charge is 0.418 e. The van der Waals surface area contributed by atoms with Crippen LogP contribution in [0.15, 0.2) is 71.3 Å². The molecule has 158 valence electrons. The van der Waals surface area contributed by atoms with Crippen LogP contribution in [0.25, 0.3) is 22.4 Å². The summed E-state index contributed by atoms with van der Waals surface area (Å²) in [5, 5.41) is 2.95. The minimum atomic E-state index is -4.63. The number of carbonyl (C=O) groups is 1. The summed E-state index contributed by atoms with van der Waals surface area (Å²) in [6.45, 7) is 0. The van der Waals surface area contributed by atoms with Crippen LogP contribution in [0.3, 0.4) is 0 Å². The van der Waals surface area contributed by atoms with Crippen molar-refractivity contribution in [1.29, 1.82) is 0 Å². The Morgan fingerprint density at radius 3 is 2.48 bits per heavy atom. The first-order chi connectivity index (χ1) is 14.7. The first-order valence-electron chi connectivity index (χ1n) is 9.37. The van der Waals surface area contributed by atoms with Gasteiger partial charge >= 0.3 is 6.18 Å². The van der Waals surface area contributed by atoms with Crippen LogP contribution in [0.5, 0.6) is 0 Å². The maximum Gasteiger partial charge on any atom is 0.418 e. The number of amides is 1. The number of aromatic nitrogens is 1. The van der Waals surface area contributed by atoms with Crippen molar-refractivity contribution in [3.05, 3.63) is 78.1 Å². The van der Waals surface area contributed by atoms with Gasteiger partial charge in [0.25, 0.3) is 5.91 Å². The summed E-state index contributed by atoms with van der Waals surface area (Å²) in [6.07, 6.45) is -3.15. The number of anilines is 2. The lowest BCUT2D eigenvalue weighted by Crippen LogP contribution is -2.18. The lowest BCUT2D eigenvalue weighted by molar-refractivity contribution is -0.136. The molecular formula is C23H18F3N3O2. The number of rotatable bonds is 4. The van der Waals surface area contributed by atoms with E-state index in [2.05, 4.69) is 10.3 Å². The van der Waals surface area contributed by atoms with Crippen LogP contribution in [0, 0.1) is 0 Å². The molecule has 31 heavy (non-hydrogen) atoms. The zero-order chi connectivity index (χ0) is 22.2. The number of furan rings is 1. The zero-order valence-corrected chi connectivity index (χ0v) is 16.7. The standard InChI is InChI=1S/C23H18F3N3O2/c1-29(2)14-9-10-19(17(12-14)23(24,25)26)28-22(30)16-13-20(21-8-5-11-31-21)27-18-7-4-3-6-15(16)18/h3-13H,1-2H3,(H,28,30). The largest absolute Gasteiger partial charge is 0.463 e. The molecule has 5 nitrogen and oxygen atoms in total. The summed E-state index contributed by atoms with van der Waals surface area (Å²) in [7, 11) is 3.29. The number of para-hydroxylation sites is 1. The minimum Gasteiger partial charge on any atom is -0.463 e. The predicted octanol–water partition coefficient (Wildman–Crippen LogP) is 5.83. The molecule has 0 radical (unpaired) electrons. The molecule has 4 rings (SSSR count). The second-order valence-electron chi connectivity index (χ2n) is 7.13. The fourth-order valence-corrected chi connectivity index (χ4v) is 3.26. The van der Waals surface area contributed by atoms with E-state index in [1.54, 1.807) is 55.4 Å². The number of nitrogens with zero attached hydrogens (tertiary/aromatic N) is 2. The molecule has 1 amide bonds. The average Bonchev–Trinajstić information content (AvgIpc) is 3.27. The summed E-state index contributed by atoms with van der Waals surface area (Å²) < 4.78 is 46.3. The molecule has 0 atom stereocenters. The van der Waals surface area contributed by atoms with Gasteiger partial charge in [0, 0.05) is 25.2 Å². The van der Waals surface area contributed by atoms with Gasteiger partial charge in [0.1, 0.15) is 5.69 Å². The van der Waals surface area contributed by atoms with Gasteiger partial charge in [0.05, 0.1) is 28.6 Å². The van der Waals surface area contributed by atoms with E-state index in [-0.39, 0.29) is 11.3 Å². The third kappa shape index (κ3) is 4.09. The maximum atomic E-state index is 13.7. The normalized spacial score (nSPS) is 11.5. The molecule has 0 aliphatic carbocycles. The van der Waals surface area contributed by atoms with Crippen molar-refractivity contribution < 1.29 is 22.4 Å². The zero-order valence-electron chi connectivity index (χ0n) is 16.7. The highest BCUT2D eigenvalue weighted by Gasteiger charge is 2.34. The van der Waals surface area contributed by atoms with Crippen molar-refractivity contribution >= 4 is 28.2 Å².